The fourth-order valence-corrected chi connectivity index (χ4v) is 5.91. The molecule has 1 N–H and O–H groups in total. The zero-order valence-electron chi connectivity index (χ0n) is 21.8. The number of aryl methyl sites for hydroxylation is 2. The van der Waals surface area contributed by atoms with Gasteiger partial charge in [-0.3, -0.25) is 19.0 Å². The fraction of sp³-hybridized carbons (Fsp3) is 0.448. The maximum atomic E-state index is 13.7. The van der Waals surface area contributed by atoms with Crippen LogP contribution in [0.1, 0.15) is 80.4 Å². The zero-order chi connectivity index (χ0) is 26.0. The lowest BCUT2D eigenvalue weighted by Gasteiger charge is -2.26. The Hall–Kier alpha value is -2.93. The number of carbonyl (C=O) groups is 2. The molecular weight excluding hydrogens is 470 g/mol. The number of thioether (sulfide) groups is 1. The van der Waals surface area contributed by atoms with E-state index in [1.165, 1.54) is 18.2 Å². The van der Waals surface area contributed by atoms with Gasteiger partial charge >= 0.3 is 0 Å². The Labute approximate surface area is 216 Å². The van der Waals surface area contributed by atoms with Crippen LogP contribution in [0, 0.1) is 19.3 Å². The minimum atomic E-state index is -0.459. The highest BCUT2D eigenvalue weighted by Crippen LogP contribution is 2.32. The largest absolute Gasteiger partial charge is 0.322 e. The topological polar surface area (TPSA) is 81.1 Å². The van der Waals surface area contributed by atoms with E-state index in [1.807, 2.05) is 46.8 Å². The van der Waals surface area contributed by atoms with Crippen molar-refractivity contribution in [2.75, 3.05) is 11.1 Å². The molecule has 0 aliphatic heterocycles. The summed E-state index contributed by atoms with van der Waals surface area (Å²) in [7, 11) is 0. The van der Waals surface area contributed by atoms with Crippen molar-refractivity contribution in [1.82, 2.24) is 9.55 Å². The van der Waals surface area contributed by atoms with E-state index in [-0.39, 0.29) is 29.0 Å². The van der Waals surface area contributed by atoms with Crippen molar-refractivity contribution < 1.29 is 9.59 Å². The molecule has 0 atom stereocenters. The van der Waals surface area contributed by atoms with Crippen LogP contribution in [-0.4, -0.2) is 27.0 Å². The number of rotatable bonds is 6. The molecule has 7 heteroatoms. The number of hydrogen-bond acceptors (Lipinski definition) is 5. The normalized spacial score (nSPS) is 14.7. The molecule has 1 amide bonds. The predicted molar refractivity (Wildman–Crippen MR) is 147 cm³/mol. The second kappa shape index (κ2) is 10.6. The van der Waals surface area contributed by atoms with Crippen molar-refractivity contribution in [1.29, 1.82) is 0 Å². The van der Waals surface area contributed by atoms with Crippen LogP contribution >= 0.6 is 11.8 Å². The van der Waals surface area contributed by atoms with Gasteiger partial charge in [0.1, 0.15) is 5.78 Å². The van der Waals surface area contributed by atoms with Crippen molar-refractivity contribution in [3.8, 4) is 0 Å². The minimum Gasteiger partial charge on any atom is -0.322 e. The summed E-state index contributed by atoms with van der Waals surface area (Å²) in [6, 6.07) is 11.1. The lowest BCUT2D eigenvalue weighted by atomic mass is 9.92. The third-order valence-corrected chi connectivity index (χ3v) is 7.67. The summed E-state index contributed by atoms with van der Waals surface area (Å²) in [5.74, 6) is 0.108. The third kappa shape index (κ3) is 5.89. The summed E-state index contributed by atoms with van der Waals surface area (Å²) in [6.45, 7) is 9.68. The van der Waals surface area contributed by atoms with Crippen LogP contribution in [-0.2, 0) is 4.79 Å². The second-order valence-electron chi connectivity index (χ2n) is 10.9. The molecular formula is C29H35N3O3S. The first-order chi connectivity index (χ1) is 17.0. The van der Waals surface area contributed by atoms with Crippen LogP contribution in [0.4, 0.5) is 5.69 Å². The Morgan fingerprint density at radius 3 is 2.33 bits per heavy atom. The standard InChI is InChI=1S/C29H35N3O3S/c1-18-13-19(2)15-21(14-18)30-26(34)20-11-12-23-24(16-20)31-28(36-17-25(33)29(3,4)5)32(27(23)35)22-9-7-6-8-10-22/h11-16,22H,6-10,17H2,1-5H3,(H,30,34). The summed E-state index contributed by atoms with van der Waals surface area (Å²) in [5, 5.41) is 4.01. The molecule has 0 saturated heterocycles. The van der Waals surface area contributed by atoms with Crippen LogP contribution < -0.4 is 10.9 Å². The molecule has 1 saturated carbocycles. The molecule has 1 aliphatic carbocycles. The molecule has 2 aromatic carbocycles. The Morgan fingerprint density at radius 1 is 1.03 bits per heavy atom. The quantitative estimate of drug-likeness (QED) is 0.306. The molecule has 1 heterocycles. The van der Waals surface area contributed by atoms with Gasteiger partial charge in [0.25, 0.3) is 11.5 Å². The molecule has 1 fully saturated rings. The molecule has 0 radical (unpaired) electrons. The number of carbonyl (C=O) groups excluding carboxylic acids is 2. The minimum absolute atomic E-state index is 0.0860. The highest BCUT2D eigenvalue weighted by molar-refractivity contribution is 7.99. The van der Waals surface area contributed by atoms with Gasteiger partial charge in [-0.25, -0.2) is 4.98 Å². The maximum Gasteiger partial charge on any atom is 0.262 e. The van der Waals surface area contributed by atoms with Gasteiger partial charge in [0.2, 0.25) is 0 Å². The monoisotopic (exact) mass is 505 g/mol. The first-order valence-corrected chi connectivity index (χ1v) is 13.6. The smallest absolute Gasteiger partial charge is 0.262 e. The van der Waals surface area contributed by atoms with Crippen molar-refractivity contribution in [3.05, 3.63) is 63.4 Å². The highest BCUT2D eigenvalue weighted by atomic mass is 32.2. The molecule has 0 bridgehead atoms. The SMILES string of the molecule is Cc1cc(C)cc(NC(=O)c2ccc3c(=O)n(C4CCCCC4)c(SCC(=O)C(C)(C)C)nc3c2)c1. The van der Waals surface area contributed by atoms with Gasteiger partial charge < -0.3 is 5.32 Å². The van der Waals surface area contributed by atoms with Gasteiger partial charge in [-0.1, -0.05) is 57.9 Å². The van der Waals surface area contributed by atoms with Crippen molar-refractivity contribution in [2.45, 2.75) is 77.9 Å². The summed E-state index contributed by atoms with van der Waals surface area (Å²) < 4.78 is 1.80. The summed E-state index contributed by atoms with van der Waals surface area (Å²) in [5.41, 5.74) is 3.23. The number of nitrogens with zero attached hydrogens (tertiary/aromatic N) is 2. The van der Waals surface area contributed by atoms with Gasteiger partial charge in [0.15, 0.2) is 5.16 Å². The highest BCUT2D eigenvalue weighted by Gasteiger charge is 2.25. The van der Waals surface area contributed by atoms with Gasteiger partial charge in [-0.05, 0) is 68.1 Å². The van der Waals surface area contributed by atoms with Gasteiger partial charge in [0.05, 0.1) is 16.7 Å². The molecule has 1 aromatic heterocycles. The lowest BCUT2D eigenvalue weighted by molar-refractivity contribution is -0.123. The Bertz CT molecular complexity index is 1340. The number of fused-ring (bicyclic) bond motifs is 1. The lowest BCUT2D eigenvalue weighted by Crippen LogP contribution is -2.30. The number of ketones is 1. The molecule has 4 rings (SSSR count). The van der Waals surface area contributed by atoms with E-state index in [4.69, 9.17) is 4.98 Å². The summed E-state index contributed by atoms with van der Waals surface area (Å²) >= 11 is 1.33. The average molecular weight is 506 g/mol. The molecule has 1 aliphatic rings. The third-order valence-electron chi connectivity index (χ3n) is 6.72. The van der Waals surface area contributed by atoms with Crippen LogP contribution in [0.2, 0.25) is 0 Å². The molecule has 3 aromatic rings. The summed E-state index contributed by atoms with van der Waals surface area (Å²) in [4.78, 5) is 44.2. The fourth-order valence-electron chi connectivity index (χ4n) is 4.68. The molecule has 0 spiro atoms. The van der Waals surface area contributed by atoms with Crippen molar-refractivity contribution >= 4 is 40.0 Å². The van der Waals surface area contributed by atoms with E-state index in [2.05, 4.69) is 11.4 Å². The Kier molecular flexibility index (Phi) is 7.69. The van der Waals surface area contributed by atoms with Crippen LogP contribution in [0.25, 0.3) is 10.9 Å². The number of nitrogens with one attached hydrogen (secondary N) is 1. The van der Waals surface area contributed by atoms with Crippen LogP contribution in [0.15, 0.2) is 46.3 Å². The maximum absolute atomic E-state index is 13.7. The van der Waals surface area contributed by atoms with Crippen LogP contribution in [0.3, 0.4) is 0 Å². The molecule has 6 nitrogen and oxygen atoms in total. The number of anilines is 1. The van der Waals surface area contributed by atoms with Gasteiger partial charge in [0, 0.05) is 22.7 Å². The zero-order valence-corrected chi connectivity index (χ0v) is 22.6. The second-order valence-corrected chi connectivity index (χ2v) is 11.8. The number of hydrogen-bond donors (Lipinski definition) is 1. The average Bonchev–Trinajstić information content (AvgIpc) is 2.81. The Morgan fingerprint density at radius 2 is 1.69 bits per heavy atom. The van der Waals surface area contributed by atoms with E-state index in [0.29, 0.717) is 21.6 Å². The van der Waals surface area contributed by atoms with Gasteiger partial charge in [-0.15, -0.1) is 0 Å². The molecule has 0 unspecified atom stereocenters. The number of Topliss-reactive ketones (excluding diaryl/α,β-unsaturated/α-hetero) is 1. The van der Waals surface area contributed by atoms with E-state index in [9.17, 15) is 14.4 Å². The van der Waals surface area contributed by atoms with E-state index in [1.54, 1.807) is 22.8 Å². The molecule has 36 heavy (non-hydrogen) atoms. The number of aromatic nitrogens is 2. The van der Waals surface area contributed by atoms with Crippen molar-refractivity contribution in [2.24, 2.45) is 5.41 Å². The molecule has 190 valence electrons. The van der Waals surface area contributed by atoms with E-state index in [0.717, 1.165) is 42.5 Å². The van der Waals surface area contributed by atoms with Crippen molar-refractivity contribution in [3.63, 3.8) is 0 Å². The number of amides is 1. The first-order valence-electron chi connectivity index (χ1n) is 12.6. The van der Waals surface area contributed by atoms with E-state index >= 15 is 0 Å². The van der Waals surface area contributed by atoms with E-state index < -0.39 is 5.41 Å². The first kappa shape index (κ1) is 26.1. The number of benzene rings is 2. The Balaban J connectivity index is 1.71. The predicted octanol–water partition coefficient (Wildman–Crippen LogP) is 6.48. The van der Waals surface area contributed by atoms with Gasteiger partial charge in [-0.2, -0.15) is 0 Å². The summed E-state index contributed by atoms with van der Waals surface area (Å²) in [6.07, 6.45) is 5.21. The van der Waals surface area contributed by atoms with Crippen LogP contribution in [0.5, 0.6) is 0 Å².